The average molecular weight is 276 g/mol. The van der Waals surface area contributed by atoms with E-state index in [0.717, 1.165) is 44.2 Å². The lowest BCUT2D eigenvalue weighted by Gasteiger charge is -2.34. The molecule has 1 fully saturated rings. The number of carbonyl (C=O) groups is 1. The van der Waals surface area contributed by atoms with Crippen LogP contribution in [0.3, 0.4) is 0 Å². The summed E-state index contributed by atoms with van der Waals surface area (Å²) in [6, 6.07) is 6.05. The maximum atomic E-state index is 11.3. The Hall–Kier alpha value is -1.75. The van der Waals surface area contributed by atoms with Crippen molar-refractivity contribution in [2.45, 2.75) is 13.5 Å². The molecule has 0 unspecified atom stereocenters. The minimum atomic E-state index is 0.165. The van der Waals surface area contributed by atoms with E-state index < -0.39 is 0 Å². The summed E-state index contributed by atoms with van der Waals surface area (Å²) >= 11 is 0. The zero-order valence-corrected chi connectivity index (χ0v) is 11.8. The number of hydrogen-bond donors (Lipinski definition) is 0. The van der Waals surface area contributed by atoms with Crippen molar-refractivity contribution in [3.8, 4) is 11.5 Å². The molecule has 0 bridgehead atoms. The summed E-state index contributed by atoms with van der Waals surface area (Å²) in [6.45, 7) is 7.14. The van der Waals surface area contributed by atoms with Crippen molar-refractivity contribution < 1.29 is 14.3 Å². The molecule has 20 heavy (non-hydrogen) atoms. The van der Waals surface area contributed by atoms with Crippen molar-refractivity contribution in [3.05, 3.63) is 23.8 Å². The summed E-state index contributed by atoms with van der Waals surface area (Å²) in [6.07, 6.45) is 0. The average Bonchev–Trinajstić information content (AvgIpc) is 2.48. The third kappa shape index (κ3) is 2.72. The molecule has 2 heterocycles. The molecule has 108 valence electrons. The van der Waals surface area contributed by atoms with E-state index in [1.807, 2.05) is 17.0 Å². The number of piperazine rings is 1. The van der Waals surface area contributed by atoms with Gasteiger partial charge in [0.1, 0.15) is 13.2 Å². The largest absolute Gasteiger partial charge is 0.486 e. The monoisotopic (exact) mass is 276 g/mol. The number of carbonyl (C=O) groups excluding carboxylic acids is 1. The molecule has 2 aliphatic heterocycles. The van der Waals surface area contributed by atoms with Crippen LogP contribution in [-0.2, 0) is 11.3 Å². The molecular formula is C15H20N2O3. The zero-order valence-electron chi connectivity index (χ0n) is 11.8. The van der Waals surface area contributed by atoms with Crippen LogP contribution in [0.25, 0.3) is 0 Å². The smallest absolute Gasteiger partial charge is 0.219 e. The second-order valence-electron chi connectivity index (χ2n) is 5.22. The van der Waals surface area contributed by atoms with Gasteiger partial charge in [0.2, 0.25) is 5.91 Å². The van der Waals surface area contributed by atoms with Crippen LogP contribution in [0.2, 0.25) is 0 Å². The van der Waals surface area contributed by atoms with Crippen molar-refractivity contribution in [2.75, 3.05) is 39.4 Å². The lowest BCUT2D eigenvalue weighted by atomic mass is 10.1. The van der Waals surface area contributed by atoms with Gasteiger partial charge in [-0.05, 0) is 6.07 Å². The van der Waals surface area contributed by atoms with Gasteiger partial charge in [-0.2, -0.15) is 0 Å². The van der Waals surface area contributed by atoms with Crippen LogP contribution in [0.5, 0.6) is 11.5 Å². The summed E-state index contributed by atoms with van der Waals surface area (Å²) in [5.74, 6) is 1.89. The lowest BCUT2D eigenvalue weighted by molar-refractivity contribution is -0.130. The molecule has 1 aromatic carbocycles. The van der Waals surface area contributed by atoms with Crippen LogP contribution < -0.4 is 9.47 Å². The quantitative estimate of drug-likeness (QED) is 0.812. The van der Waals surface area contributed by atoms with Crippen LogP contribution >= 0.6 is 0 Å². The van der Waals surface area contributed by atoms with Gasteiger partial charge in [0.15, 0.2) is 11.5 Å². The number of amides is 1. The highest BCUT2D eigenvalue weighted by Crippen LogP contribution is 2.34. The molecule has 5 heteroatoms. The summed E-state index contributed by atoms with van der Waals surface area (Å²) in [7, 11) is 0. The molecule has 0 saturated carbocycles. The zero-order chi connectivity index (χ0) is 13.9. The first kappa shape index (κ1) is 13.2. The highest BCUT2D eigenvalue weighted by Gasteiger charge is 2.21. The molecule has 1 amide bonds. The Morgan fingerprint density at radius 2 is 1.90 bits per heavy atom. The molecule has 0 spiro atoms. The Bertz CT molecular complexity index is 496. The molecule has 0 radical (unpaired) electrons. The summed E-state index contributed by atoms with van der Waals surface area (Å²) in [4.78, 5) is 15.6. The molecule has 2 aliphatic rings. The van der Waals surface area contributed by atoms with E-state index in [4.69, 9.17) is 9.47 Å². The first-order chi connectivity index (χ1) is 9.74. The van der Waals surface area contributed by atoms with E-state index in [1.54, 1.807) is 6.92 Å². The maximum Gasteiger partial charge on any atom is 0.219 e. The number of rotatable bonds is 2. The molecule has 5 nitrogen and oxygen atoms in total. The summed E-state index contributed by atoms with van der Waals surface area (Å²) in [5.41, 5.74) is 1.17. The molecule has 0 atom stereocenters. The second kappa shape index (κ2) is 5.71. The van der Waals surface area contributed by atoms with Crippen LogP contribution in [-0.4, -0.2) is 55.1 Å². The van der Waals surface area contributed by atoms with Crippen LogP contribution in [0, 0.1) is 0 Å². The summed E-state index contributed by atoms with van der Waals surface area (Å²) < 4.78 is 11.3. The number of para-hydroxylation sites is 1. The number of hydrogen-bond acceptors (Lipinski definition) is 4. The predicted octanol–water partition coefficient (Wildman–Crippen LogP) is 1.12. The van der Waals surface area contributed by atoms with E-state index in [-0.39, 0.29) is 5.91 Å². The van der Waals surface area contributed by atoms with Gasteiger partial charge in [-0.3, -0.25) is 9.69 Å². The molecule has 0 N–H and O–H groups in total. The number of benzene rings is 1. The number of fused-ring (bicyclic) bond motifs is 1. The topological polar surface area (TPSA) is 42.0 Å². The predicted molar refractivity (Wildman–Crippen MR) is 75.0 cm³/mol. The maximum absolute atomic E-state index is 11.3. The van der Waals surface area contributed by atoms with Gasteiger partial charge in [0, 0.05) is 45.2 Å². The third-order valence-corrected chi connectivity index (χ3v) is 3.86. The van der Waals surface area contributed by atoms with Gasteiger partial charge < -0.3 is 14.4 Å². The van der Waals surface area contributed by atoms with Crippen LogP contribution in [0.1, 0.15) is 12.5 Å². The fourth-order valence-electron chi connectivity index (χ4n) is 2.72. The van der Waals surface area contributed by atoms with Gasteiger partial charge in [0.05, 0.1) is 0 Å². The Labute approximate surface area is 119 Å². The minimum Gasteiger partial charge on any atom is -0.486 e. The standard InChI is InChI=1S/C15H20N2O3/c1-12(18)17-7-5-16(6-8-17)11-13-3-2-4-14-15(13)20-10-9-19-14/h2-4H,5-11H2,1H3. The van der Waals surface area contributed by atoms with E-state index in [2.05, 4.69) is 11.0 Å². The molecule has 3 rings (SSSR count). The van der Waals surface area contributed by atoms with Gasteiger partial charge in [0.25, 0.3) is 0 Å². The van der Waals surface area contributed by atoms with Crippen molar-refractivity contribution in [3.63, 3.8) is 0 Å². The second-order valence-corrected chi connectivity index (χ2v) is 5.22. The molecular weight excluding hydrogens is 256 g/mol. The number of nitrogens with zero attached hydrogens (tertiary/aromatic N) is 2. The normalized spacial score (nSPS) is 18.9. The van der Waals surface area contributed by atoms with Crippen molar-refractivity contribution in [1.29, 1.82) is 0 Å². The van der Waals surface area contributed by atoms with Crippen LogP contribution in [0.4, 0.5) is 0 Å². The van der Waals surface area contributed by atoms with Gasteiger partial charge in [-0.25, -0.2) is 0 Å². The third-order valence-electron chi connectivity index (χ3n) is 3.86. The highest BCUT2D eigenvalue weighted by atomic mass is 16.6. The molecule has 1 aromatic rings. The van der Waals surface area contributed by atoms with Crippen molar-refractivity contribution in [1.82, 2.24) is 9.80 Å². The molecule has 1 saturated heterocycles. The van der Waals surface area contributed by atoms with Gasteiger partial charge in [-0.1, -0.05) is 12.1 Å². The highest BCUT2D eigenvalue weighted by molar-refractivity contribution is 5.73. The first-order valence-electron chi connectivity index (χ1n) is 7.09. The van der Waals surface area contributed by atoms with Crippen molar-refractivity contribution in [2.24, 2.45) is 0 Å². The number of ether oxygens (including phenoxy) is 2. The van der Waals surface area contributed by atoms with E-state index >= 15 is 0 Å². The molecule has 0 aliphatic carbocycles. The fourth-order valence-corrected chi connectivity index (χ4v) is 2.72. The SMILES string of the molecule is CC(=O)N1CCN(Cc2cccc3c2OCCO3)CC1. The minimum absolute atomic E-state index is 0.165. The van der Waals surface area contributed by atoms with Crippen LogP contribution in [0.15, 0.2) is 18.2 Å². The Morgan fingerprint density at radius 3 is 2.65 bits per heavy atom. The lowest BCUT2D eigenvalue weighted by Crippen LogP contribution is -2.47. The van der Waals surface area contributed by atoms with E-state index in [1.165, 1.54) is 5.56 Å². The van der Waals surface area contributed by atoms with Gasteiger partial charge in [-0.15, -0.1) is 0 Å². The van der Waals surface area contributed by atoms with Crippen molar-refractivity contribution >= 4 is 5.91 Å². The van der Waals surface area contributed by atoms with E-state index in [0.29, 0.717) is 13.2 Å². The molecule has 0 aromatic heterocycles. The first-order valence-corrected chi connectivity index (χ1v) is 7.09. The Morgan fingerprint density at radius 1 is 1.15 bits per heavy atom. The Kier molecular flexibility index (Phi) is 3.78. The van der Waals surface area contributed by atoms with E-state index in [9.17, 15) is 4.79 Å². The van der Waals surface area contributed by atoms with Gasteiger partial charge >= 0.3 is 0 Å². The summed E-state index contributed by atoms with van der Waals surface area (Å²) in [5, 5.41) is 0. The Balaban J connectivity index is 1.66. The fraction of sp³-hybridized carbons (Fsp3) is 0.533.